The molecular weight excluding hydrogens is 336 g/mol. The van der Waals surface area contributed by atoms with E-state index in [1.165, 1.54) is 36.8 Å². The minimum Gasteiger partial charge on any atom is -0.378 e. The second-order valence-electron chi connectivity index (χ2n) is 7.64. The molecular formula is C20H29ClN2O2. The second kappa shape index (κ2) is 8.07. The maximum Gasteiger partial charge on any atom is 0.224 e. The van der Waals surface area contributed by atoms with Crippen molar-refractivity contribution in [2.24, 2.45) is 0 Å². The van der Waals surface area contributed by atoms with Gasteiger partial charge < -0.3 is 15.0 Å². The molecule has 2 heterocycles. The van der Waals surface area contributed by atoms with E-state index < -0.39 is 0 Å². The standard InChI is InChI=1S/C20H28N2O2.ClH/c23-19(13-17-14-24-12-10-21-17)22-11-4-9-20(15-22)8-3-6-16-5-1-2-7-18(16)20;/h1-2,5,7,17,21H,3-4,6,8-15H2;1H. The van der Waals surface area contributed by atoms with Crippen LogP contribution in [0.4, 0.5) is 0 Å². The summed E-state index contributed by atoms with van der Waals surface area (Å²) in [5, 5.41) is 3.40. The molecule has 2 atom stereocenters. The predicted octanol–water partition coefficient (Wildman–Crippen LogP) is 2.68. The summed E-state index contributed by atoms with van der Waals surface area (Å²) in [6, 6.07) is 9.08. The molecule has 0 radical (unpaired) electrons. The van der Waals surface area contributed by atoms with Gasteiger partial charge in [0, 0.05) is 37.5 Å². The van der Waals surface area contributed by atoms with E-state index in [1.54, 1.807) is 0 Å². The fourth-order valence-corrected chi connectivity index (χ4v) is 4.87. The van der Waals surface area contributed by atoms with Gasteiger partial charge in [0.05, 0.1) is 13.2 Å². The average molecular weight is 365 g/mol. The van der Waals surface area contributed by atoms with Crippen molar-refractivity contribution in [3.63, 3.8) is 0 Å². The number of halogens is 1. The highest BCUT2D eigenvalue weighted by Gasteiger charge is 2.41. The molecule has 1 aromatic rings. The molecule has 1 N–H and O–H groups in total. The molecule has 1 aromatic carbocycles. The van der Waals surface area contributed by atoms with Gasteiger partial charge in [-0.05, 0) is 43.2 Å². The Hall–Kier alpha value is -1.10. The monoisotopic (exact) mass is 364 g/mol. The zero-order valence-corrected chi connectivity index (χ0v) is 15.7. The Morgan fingerprint density at radius 1 is 1.28 bits per heavy atom. The predicted molar refractivity (Wildman–Crippen MR) is 101 cm³/mol. The summed E-state index contributed by atoms with van der Waals surface area (Å²) in [5.41, 5.74) is 3.20. The quantitative estimate of drug-likeness (QED) is 0.877. The van der Waals surface area contributed by atoms with E-state index in [0.717, 1.165) is 32.7 Å². The van der Waals surface area contributed by atoms with E-state index in [9.17, 15) is 4.79 Å². The highest BCUT2D eigenvalue weighted by molar-refractivity contribution is 5.85. The van der Waals surface area contributed by atoms with Crippen molar-refractivity contribution in [2.75, 3.05) is 32.8 Å². The summed E-state index contributed by atoms with van der Waals surface area (Å²) >= 11 is 0. The minimum atomic E-state index is 0. The number of rotatable bonds is 2. The Balaban J connectivity index is 0.00000182. The van der Waals surface area contributed by atoms with Gasteiger partial charge in [0.25, 0.3) is 0 Å². The smallest absolute Gasteiger partial charge is 0.224 e. The molecule has 4 rings (SSSR count). The maximum atomic E-state index is 12.8. The molecule has 25 heavy (non-hydrogen) atoms. The SMILES string of the molecule is Cl.O=C(CC1COCCN1)N1CCCC2(CCCc3ccccc32)C1. The number of amides is 1. The van der Waals surface area contributed by atoms with Crippen molar-refractivity contribution in [2.45, 2.75) is 50.0 Å². The number of nitrogens with one attached hydrogen (secondary N) is 1. The lowest BCUT2D eigenvalue weighted by atomic mass is 9.66. The number of nitrogens with zero attached hydrogens (tertiary/aromatic N) is 1. The van der Waals surface area contributed by atoms with Crippen molar-refractivity contribution in [3.8, 4) is 0 Å². The molecule has 2 aliphatic heterocycles. The molecule has 2 fully saturated rings. The van der Waals surface area contributed by atoms with Crippen molar-refractivity contribution in [3.05, 3.63) is 35.4 Å². The van der Waals surface area contributed by atoms with E-state index >= 15 is 0 Å². The van der Waals surface area contributed by atoms with Gasteiger partial charge in [-0.25, -0.2) is 0 Å². The lowest BCUT2D eigenvalue weighted by Crippen LogP contribution is -2.52. The van der Waals surface area contributed by atoms with Crippen LogP contribution in [0, 0.1) is 0 Å². The van der Waals surface area contributed by atoms with Crippen LogP contribution >= 0.6 is 12.4 Å². The number of piperidine rings is 1. The van der Waals surface area contributed by atoms with Crippen molar-refractivity contribution in [1.82, 2.24) is 10.2 Å². The molecule has 0 saturated carbocycles. The van der Waals surface area contributed by atoms with Crippen LogP contribution in [0.3, 0.4) is 0 Å². The Morgan fingerprint density at radius 2 is 2.12 bits per heavy atom. The van der Waals surface area contributed by atoms with E-state index in [1.807, 2.05) is 0 Å². The summed E-state index contributed by atoms with van der Waals surface area (Å²) in [6.07, 6.45) is 6.57. The van der Waals surface area contributed by atoms with Crippen LogP contribution in [0.1, 0.15) is 43.2 Å². The zero-order chi connectivity index (χ0) is 16.4. The summed E-state index contributed by atoms with van der Waals surface area (Å²) in [4.78, 5) is 15.0. The number of ether oxygens (including phenoxy) is 1. The van der Waals surface area contributed by atoms with Crippen molar-refractivity contribution in [1.29, 1.82) is 0 Å². The zero-order valence-electron chi connectivity index (χ0n) is 14.8. The van der Waals surface area contributed by atoms with Crippen LogP contribution in [0.25, 0.3) is 0 Å². The molecule has 2 saturated heterocycles. The van der Waals surface area contributed by atoms with Crippen molar-refractivity contribution >= 4 is 18.3 Å². The van der Waals surface area contributed by atoms with Gasteiger partial charge in [0.2, 0.25) is 5.91 Å². The lowest BCUT2D eigenvalue weighted by molar-refractivity contribution is -0.134. The third-order valence-electron chi connectivity index (χ3n) is 6.04. The molecule has 1 spiro atoms. The number of carbonyl (C=O) groups excluding carboxylic acids is 1. The lowest BCUT2D eigenvalue weighted by Gasteiger charge is -2.46. The van der Waals surface area contributed by atoms with Gasteiger partial charge in [-0.15, -0.1) is 12.4 Å². The average Bonchev–Trinajstić information content (AvgIpc) is 2.63. The summed E-state index contributed by atoms with van der Waals surface area (Å²) in [7, 11) is 0. The van der Waals surface area contributed by atoms with Crippen LogP contribution in [-0.2, 0) is 21.4 Å². The van der Waals surface area contributed by atoms with Crippen LogP contribution in [0.5, 0.6) is 0 Å². The van der Waals surface area contributed by atoms with Gasteiger partial charge >= 0.3 is 0 Å². The number of benzene rings is 1. The fraction of sp³-hybridized carbons (Fsp3) is 0.650. The molecule has 2 unspecified atom stereocenters. The molecule has 1 amide bonds. The molecule has 138 valence electrons. The Kier molecular flexibility index (Phi) is 6.03. The number of carbonyl (C=O) groups is 1. The van der Waals surface area contributed by atoms with Crippen LogP contribution < -0.4 is 5.32 Å². The molecule has 0 bridgehead atoms. The van der Waals surface area contributed by atoms with E-state index in [-0.39, 0.29) is 23.9 Å². The molecule has 5 heteroatoms. The number of morpholine rings is 1. The van der Waals surface area contributed by atoms with Crippen LogP contribution in [0.2, 0.25) is 0 Å². The normalized spacial score (nSPS) is 29.0. The summed E-state index contributed by atoms with van der Waals surface area (Å²) < 4.78 is 5.49. The van der Waals surface area contributed by atoms with Crippen LogP contribution in [-0.4, -0.2) is 49.7 Å². The number of hydrogen-bond acceptors (Lipinski definition) is 3. The number of likely N-dealkylation sites (tertiary alicyclic amines) is 1. The van der Waals surface area contributed by atoms with Gasteiger partial charge in [0.15, 0.2) is 0 Å². The van der Waals surface area contributed by atoms with Gasteiger partial charge in [-0.3, -0.25) is 4.79 Å². The third kappa shape index (κ3) is 3.86. The first-order valence-corrected chi connectivity index (χ1v) is 9.44. The van der Waals surface area contributed by atoms with E-state index in [0.29, 0.717) is 18.9 Å². The van der Waals surface area contributed by atoms with E-state index in [4.69, 9.17) is 4.74 Å². The third-order valence-corrected chi connectivity index (χ3v) is 6.04. The number of hydrogen-bond donors (Lipinski definition) is 1. The largest absolute Gasteiger partial charge is 0.378 e. The molecule has 3 aliphatic rings. The number of aryl methyl sites for hydroxylation is 1. The van der Waals surface area contributed by atoms with E-state index in [2.05, 4.69) is 34.5 Å². The highest BCUT2D eigenvalue weighted by atomic mass is 35.5. The fourth-order valence-electron chi connectivity index (χ4n) is 4.87. The molecule has 0 aromatic heterocycles. The Morgan fingerprint density at radius 3 is 2.96 bits per heavy atom. The Labute approximate surface area is 156 Å². The van der Waals surface area contributed by atoms with Crippen molar-refractivity contribution < 1.29 is 9.53 Å². The number of fused-ring (bicyclic) bond motifs is 2. The highest BCUT2D eigenvalue weighted by Crippen LogP contribution is 2.43. The second-order valence-corrected chi connectivity index (χ2v) is 7.64. The minimum absolute atomic E-state index is 0. The molecule has 4 nitrogen and oxygen atoms in total. The van der Waals surface area contributed by atoms with Gasteiger partial charge in [-0.1, -0.05) is 24.3 Å². The summed E-state index contributed by atoms with van der Waals surface area (Å²) in [6.45, 7) is 4.09. The molecule has 1 aliphatic carbocycles. The summed E-state index contributed by atoms with van der Waals surface area (Å²) in [5.74, 6) is 0.292. The Bertz CT molecular complexity index is 603. The first-order chi connectivity index (χ1) is 11.8. The first kappa shape index (κ1) is 18.7. The first-order valence-electron chi connectivity index (χ1n) is 9.44. The van der Waals surface area contributed by atoms with Gasteiger partial charge in [-0.2, -0.15) is 0 Å². The topological polar surface area (TPSA) is 41.6 Å². The maximum absolute atomic E-state index is 12.8. The van der Waals surface area contributed by atoms with Crippen LogP contribution in [0.15, 0.2) is 24.3 Å². The van der Waals surface area contributed by atoms with Gasteiger partial charge in [0.1, 0.15) is 0 Å².